The Hall–Kier alpha value is -1.66. The van der Waals surface area contributed by atoms with Gasteiger partial charge < -0.3 is 15.0 Å². The van der Waals surface area contributed by atoms with Crippen molar-refractivity contribution in [2.24, 2.45) is 0 Å². The average Bonchev–Trinajstić information content (AvgIpc) is 2.74. The fourth-order valence-electron chi connectivity index (χ4n) is 3.03. The van der Waals surface area contributed by atoms with Crippen molar-refractivity contribution in [2.45, 2.75) is 52.2 Å². The normalized spacial score (nSPS) is 12.7. The smallest absolute Gasteiger partial charge is 0.261 e. The number of hydrogen-bond acceptors (Lipinski definition) is 3. The van der Waals surface area contributed by atoms with Crippen LogP contribution in [0.2, 0.25) is 20.1 Å². The van der Waals surface area contributed by atoms with Crippen LogP contribution in [0.4, 0.5) is 0 Å². The molecule has 2 amide bonds. The van der Waals surface area contributed by atoms with Crippen LogP contribution in [0, 0.1) is 0 Å². The third-order valence-corrected chi connectivity index (χ3v) is 6.26. The molecule has 32 heavy (non-hydrogen) atoms. The Morgan fingerprint density at radius 1 is 1.00 bits per heavy atom. The zero-order chi connectivity index (χ0) is 23.8. The van der Waals surface area contributed by atoms with E-state index in [1.54, 1.807) is 30.3 Å². The molecule has 0 spiro atoms. The fourth-order valence-corrected chi connectivity index (χ4v) is 4.01. The predicted molar refractivity (Wildman–Crippen MR) is 131 cm³/mol. The number of carbonyl (C=O) groups is 2. The Labute approximate surface area is 208 Å². The molecule has 0 aliphatic heterocycles. The number of ether oxygens (including phenoxy) is 1. The molecule has 2 rings (SSSR count). The first-order chi connectivity index (χ1) is 15.2. The number of carbonyl (C=O) groups excluding carboxylic acids is 2. The van der Waals surface area contributed by atoms with E-state index in [0.717, 1.165) is 6.42 Å². The highest BCUT2D eigenvalue weighted by Crippen LogP contribution is 2.29. The van der Waals surface area contributed by atoms with Gasteiger partial charge in [-0.15, -0.1) is 0 Å². The lowest BCUT2D eigenvalue weighted by molar-refractivity contribution is -0.143. The van der Waals surface area contributed by atoms with E-state index in [1.807, 2.05) is 20.8 Å². The van der Waals surface area contributed by atoms with Crippen molar-refractivity contribution in [1.82, 2.24) is 10.2 Å². The SMILES string of the molecule is CC[C@H](C(=O)N[C@@H](C)CC)N(Cc1c(Cl)cccc1Cl)C(=O)COc1ccc(Cl)cc1Cl. The summed E-state index contributed by atoms with van der Waals surface area (Å²) in [5.41, 5.74) is 0.559. The summed E-state index contributed by atoms with van der Waals surface area (Å²) in [7, 11) is 0. The summed E-state index contributed by atoms with van der Waals surface area (Å²) in [6.07, 6.45) is 1.17. The molecule has 0 fully saturated rings. The van der Waals surface area contributed by atoms with Crippen LogP contribution in [0.15, 0.2) is 36.4 Å². The molecule has 0 saturated carbocycles. The zero-order valence-electron chi connectivity index (χ0n) is 18.1. The van der Waals surface area contributed by atoms with Gasteiger partial charge in [0.1, 0.15) is 11.8 Å². The summed E-state index contributed by atoms with van der Waals surface area (Å²) in [5, 5.41) is 4.51. The Morgan fingerprint density at radius 2 is 1.66 bits per heavy atom. The number of amides is 2. The molecule has 0 heterocycles. The number of nitrogens with zero attached hydrogens (tertiary/aromatic N) is 1. The first-order valence-corrected chi connectivity index (χ1v) is 11.8. The number of hydrogen-bond donors (Lipinski definition) is 1. The molecule has 0 aliphatic rings. The van der Waals surface area contributed by atoms with E-state index >= 15 is 0 Å². The van der Waals surface area contributed by atoms with Gasteiger partial charge in [0, 0.05) is 33.2 Å². The minimum Gasteiger partial charge on any atom is -0.482 e. The summed E-state index contributed by atoms with van der Waals surface area (Å²) in [6.45, 7) is 5.46. The molecular formula is C23H26Cl4N2O3. The maximum absolute atomic E-state index is 13.2. The first-order valence-electron chi connectivity index (χ1n) is 10.3. The van der Waals surface area contributed by atoms with Crippen LogP contribution in [0.5, 0.6) is 5.75 Å². The Balaban J connectivity index is 2.30. The summed E-state index contributed by atoms with van der Waals surface area (Å²) in [5.74, 6) is -0.335. The van der Waals surface area contributed by atoms with Gasteiger partial charge in [-0.2, -0.15) is 0 Å². The Kier molecular flexibility index (Phi) is 10.4. The molecule has 0 bridgehead atoms. The monoisotopic (exact) mass is 518 g/mol. The van der Waals surface area contributed by atoms with Gasteiger partial charge in [0.25, 0.3) is 5.91 Å². The Bertz CT molecular complexity index is 935. The number of halogens is 4. The van der Waals surface area contributed by atoms with E-state index in [1.165, 1.54) is 11.0 Å². The number of benzene rings is 2. The molecule has 0 unspecified atom stereocenters. The van der Waals surface area contributed by atoms with Crippen molar-refractivity contribution in [2.75, 3.05) is 6.61 Å². The maximum atomic E-state index is 13.2. The van der Waals surface area contributed by atoms with Crippen LogP contribution in [0.1, 0.15) is 39.2 Å². The van der Waals surface area contributed by atoms with Gasteiger partial charge in [-0.05, 0) is 50.1 Å². The summed E-state index contributed by atoms with van der Waals surface area (Å²) in [6, 6.07) is 9.07. The zero-order valence-corrected chi connectivity index (χ0v) is 21.2. The van der Waals surface area contributed by atoms with Gasteiger partial charge in [-0.25, -0.2) is 0 Å². The van der Waals surface area contributed by atoms with Crippen LogP contribution >= 0.6 is 46.4 Å². The van der Waals surface area contributed by atoms with E-state index in [2.05, 4.69) is 5.32 Å². The van der Waals surface area contributed by atoms with Gasteiger partial charge in [0.05, 0.1) is 5.02 Å². The number of rotatable bonds is 10. The molecule has 9 heteroatoms. The lowest BCUT2D eigenvalue weighted by Crippen LogP contribution is -2.51. The molecule has 5 nitrogen and oxygen atoms in total. The van der Waals surface area contributed by atoms with Crippen LogP contribution in [-0.4, -0.2) is 35.4 Å². The molecule has 0 aliphatic carbocycles. The van der Waals surface area contributed by atoms with Crippen molar-refractivity contribution in [3.8, 4) is 5.75 Å². The minimum absolute atomic E-state index is 0.0264. The summed E-state index contributed by atoms with van der Waals surface area (Å²) < 4.78 is 5.63. The minimum atomic E-state index is -0.729. The van der Waals surface area contributed by atoms with E-state index in [0.29, 0.717) is 32.8 Å². The van der Waals surface area contributed by atoms with Gasteiger partial charge >= 0.3 is 0 Å². The predicted octanol–water partition coefficient (Wildman–Crippen LogP) is 6.40. The second-order valence-electron chi connectivity index (χ2n) is 7.33. The van der Waals surface area contributed by atoms with Gasteiger partial charge in [0.2, 0.25) is 5.91 Å². The molecule has 0 aromatic heterocycles. The highest BCUT2D eigenvalue weighted by Gasteiger charge is 2.30. The molecule has 2 atom stereocenters. The van der Waals surface area contributed by atoms with Gasteiger partial charge in [-0.1, -0.05) is 66.3 Å². The van der Waals surface area contributed by atoms with Crippen LogP contribution in [-0.2, 0) is 16.1 Å². The van der Waals surface area contributed by atoms with Crippen LogP contribution in [0.3, 0.4) is 0 Å². The highest BCUT2D eigenvalue weighted by atomic mass is 35.5. The largest absolute Gasteiger partial charge is 0.482 e. The molecule has 2 aromatic carbocycles. The summed E-state index contributed by atoms with van der Waals surface area (Å²) >= 11 is 24.7. The Morgan fingerprint density at radius 3 is 2.22 bits per heavy atom. The second kappa shape index (κ2) is 12.5. The van der Waals surface area contributed by atoms with Crippen molar-refractivity contribution >= 4 is 58.2 Å². The van der Waals surface area contributed by atoms with Crippen molar-refractivity contribution in [1.29, 1.82) is 0 Å². The lowest BCUT2D eigenvalue weighted by Gasteiger charge is -2.32. The van der Waals surface area contributed by atoms with E-state index < -0.39 is 11.9 Å². The molecule has 0 radical (unpaired) electrons. The van der Waals surface area contributed by atoms with E-state index in [4.69, 9.17) is 51.1 Å². The van der Waals surface area contributed by atoms with Gasteiger partial charge in [0.15, 0.2) is 6.61 Å². The quantitative estimate of drug-likeness (QED) is 0.395. The molecule has 174 valence electrons. The third-order valence-electron chi connectivity index (χ3n) is 5.02. The maximum Gasteiger partial charge on any atom is 0.261 e. The summed E-state index contributed by atoms with van der Waals surface area (Å²) in [4.78, 5) is 27.7. The second-order valence-corrected chi connectivity index (χ2v) is 8.99. The molecule has 1 N–H and O–H groups in total. The van der Waals surface area contributed by atoms with Crippen molar-refractivity contribution < 1.29 is 14.3 Å². The highest BCUT2D eigenvalue weighted by molar-refractivity contribution is 6.36. The lowest BCUT2D eigenvalue weighted by atomic mass is 10.1. The third kappa shape index (κ3) is 7.17. The topological polar surface area (TPSA) is 58.6 Å². The fraction of sp³-hybridized carbons (Fsp3) is 0.391. The van der Waals surface area contributed by atoms with E-state index in [9.17, 15) is 9.59 Å². The first kappa shape index (κ1) is 26.6. The van der Waals surface area contributed by atoms with Gasteiger partial charge in [-0.3, -0.25) is 9.59 Å². The average molecular weight is 520 g/mol. The van der Waals surface area contributed by atoms with Crippen LogP contribution in [0.25, 0.3) is 0 Å². The van der Waals surface area contributed by atoms with Crippen molar-refractivity contribution in [3.05, 3.63) is 62.1 Å². The standard InChI is InChI=1S/C23H26Cl4N2O3/c1-4-14(3)28-23(31)20(5-2)29(12-16-17(25)7-6-8-18(16)26)22(30)13-32-21-10-9-15(24)11-19(21)27/h6-11,14,20H,4-5,12-13H2,1-3H3,(H,28,31)/t14-,20+/m0/s1. The van der Waals surface area contributed by atoms with E-state index in [-0.39, 0.29) is 30.1 Å². The molecule has 0 saturated heterocycles. The molecular weight excluding hydrogens is 494 g/mol. The molecule has 2 aromatic rings. The van der Waals surface area contributed by atoms with Crippen molar-refractivity contribution in [3.63, 3.8) is 0 Å². The number of nitrogens with one attached hydrogen (secondary N) is 1. The van der Waals surface area contributed by atoms with Crippen LogP contribution < -0.4 is 10.1 Å².